The van der Waals surface area contributed by atoms with Gasteiger partial charge in [-0.25, -0.2) is 9.59 Å². The van der Waals surface area contributed by atoms with Crippen molar-refractivity contribution in [1.29, 1.82) is 0 Å². The third-order valence-electron chi connectivity index (χ3n) is 7.29. The van der Waals surface area contributed by atoms with Crippen LogP contribution in [-0.4, -0.2) is 86.8 Å². The van der Waals surface area contributed by atoms with E-state index in [4.69, 9.17) is 18.9 Å². The number of fused-ring (bicyclic) bond motifs is 4. The molecule has 12 nitrogen and oxygen atoms in total. The Morgan fingerprint density at radius 1 is 0.762 bits per heavy atom. The van der Waals surface area contributed by atoms with Crippen molar-refractivity contribution in [3.8, 4) is 11.1 Å². The standard InChI is InChI=1S/C30H36N4O8/c1-30(2,3)42-29(38)34-23-16-40-26-22(15-39-27(23)26)33-25(36)13-31-24(35)12-32-28(37)41-14-21-19-10-6-4-8-17(19)18-9-5-7-11-20(18)21/h4-11,21-23,26-27H,12-16H2,1-3H3,(H,31,35)(H,32,37)(H,33,36)(H,34,38)/t22-,23-,26+,27+/m0/s1. The number of hydrogen-bond donors (Lipinski definition) is 4. The first-order valence-corrected chi connectivity index (χ1v) is 14.0. The molecule has 12 heteroatoms. The zero-order valence-electron chi connectivity index (χ0n) is 23.8. The summed E-state index contributed by atoms with van der Waals surface area (Å²) in [6, 6.07) is 15.2. The van der Waals surface area contributed by atoms with Gasteiger partial charge >= 0.3 is 12.2 Å². The number of rotatable bonds is 8. The summed E-state index contributed by atoms with van der Waals surface area (Å²) in [4.78, 5) is 49.1. The molecule has 0 radical (unpaired) electrons. The molecular formula is C30H36N4O8. The number of alkyl carbamates (subject to hydrolysis) is 2. The highest BCUT2D eigenvalue weighted by atomic mass is 16.6. The number of benzene rings is 2. The molecule has 2 saturated heterocycles. The summed E-state index contributed by atoms with van der Waals surface area (Å²) in [5, 5.41) is 10.4. The Morgan fingerprint density at radius 3 is 1.90 bits per heavy atom. The van der Waals surface area contributed by atoms with Crippen LogP contribution in [0, 0.1) is 0 Å². The molecule has 0 bridgehead atoms. The lowest BCUT2D eigenvalue weighted by atomic mass is 9.98. The van der Waals surface area contributed by atoms with E-state index in [1.807, 2.05) is 48.5 Å². The van der Waals surface area contributed by atoms with Crippen molar-refractivity contribution < 1.29 is 38.1 Å². The lowest BCUT2D eigenvalue weighted by molar-refractivity contribution is -0.126. The molecule has 0 saturated carbocycles. The van der Waals surface area contributed by atoms with E-state index in [9.17, 15) is 19.2 Å². The zero-order valence-corrected chi connectivity index (χ0v) is 23.8. The predicted molar refractivity (Wildman–Crippen MR) is 151 cm³/mol. The van der Waals surface area contributed by atoms with Gasteiger partial charge in [0.25, 0.3) is 0 Å². The topological polar surface area (TPSA) is 153 Å². The van der Waals surface area contributed by atoms with E-state index in [2.05, 4.69) is 21.3 Å². The van der Waals surface area contributed by atoms with Crippen LogP contribution in [0.1, 0.15) is 37.8 Å². The second kappa shape index (κ2) is 12.4. The van der Waals surface area contributed by atoms with Gasteiger partial charge in [-0.3, -0.25) is 9.59 Å². The molecule has 224 valence electrons. The van der Waals surface area contributed by atoms with E-state index in [0.29, 0.717) is 0 Å². The molecule has 1 aliphatic carbocycles. The Bertz CT molecular complexity index is 1300. The van der Waals surface area contributed by atoms with Crippen molar-refractivity contribution in [2.75, 3.05) is 32.9 Å². The van der Waals surface area contributed by atoms with Crippen LogP contribution < -0.4 is 21.3 Å². The Labute approximate surface area is 243 Å². The molecule has 4 atom stereocenters. The normalized spacial score (nSPS) is 22.4. The smallest absolute Gasteiger partial charge is 0.408 e. The molecule has 0 unspecified atom stereocenters. The number of carbonyl (C=O) groups is 4. The maximum absolute atomic E-state index is 12.5. The van der Waals surface area contributed by atoms with Crippen LogP contribution in [0.25, 0.3) is 11.1 Å². The quantitative estimate of drug-likeness (QED) is 0.369. The number of hydrogen-bond acceptors (Lipinski definition) is 8. The highest BCUT2D eigenvalue weighted by Gasteiger charge is 2.49. The van der Waals surface area contributed by atoms with E-state index >= 15 is 0 Å². The first-order valence-electron chi connectivity index (χ1n) is 14.0. The predicted octanol–water partition coefficient (Wildman–Crippen LogP) is 1.82. The summed E-state index contributed by atoms with van der Waals surface area (Å²) >= 11 is 0. The van der Waals surface area contributed by atoms with Gasteiger partial charge in [0, 0.05) is 5.92 Å². The fraction of sp³-hybridized carbons (Fsp3) is 0.467. The van der Waals surface area contributed by atoms with Crippen molar-refractivity contribution >= 4 is 24.0 Å². The molecule has 3 aliphatic rings. The Kier molecular flexibility index (Phi) is 8.64. The molecule has 4 amide bonds. The van der Waals surface area contributed by atoms with Crippen LogP contribution in [0.4, 0.5) is 9.59 Å². The van der Waals surface area contributed by atoms with Gasteiger partial charge in [0.1, 0.15) is 31.0 Å². The Balaban J connectivity index is 1.00. The van der Waals surface area contributed by atoms with E-state index < -0.39 is 53.9 Å². The number of amides is 4. The second-order valence-corrected chi connectivity index (χ2v) is 11.5. The summed E-state index contributed by atoms with van der Waals surface area (Å²) in [6.45, 7) is 5.23. The molecule has 5 rings (SSSR count). The van der Waals surface area contributed by atoms with Crippen molar-refractivity contribution in [3.05, 3.63) is 59.7 Å². The SMILES string of the molecule is CC(C)(C)OC(=O)N[C@H]1CO[C@H]2[C@@H]1OC[C@@H]2NC(=O)CNC(=O)CNC(=O)OCC1c2ccccc2-c2ccccc21. The van der Waals surface area contributed by atoms with E-state index in [0.717, 1.165) is 22.3 Å². The lowest BCUT2D eigenvalue weighted by Crippen LogP contribution is -2.49. The van der Waals surface area contributed by atoms with Crippen molar-refractivity contribution in [2.24, 2.45) is 0 Å². The largest absolute Gasteiger partial charge is 0.449 e. The molecular weight excluding hydrogens is 544 g/mol. The van der Waals surface area contributed by atoms with Gasteiger partial charge < -0.3 is 40.2 Å². The summed E-state index contributed by atoms with van der Waals surface area (Å²) in [5.41, 5.74) is 3.79. The van der Waals surface area contributed by atoms with Gasteiger partial charge in [-0.05, 0) is 43.0 Å². The first-order chi connectivity index (χ1) is 20.1. The van der Waals surface area contributed by atoms with Gasteiger partial charge in [-0.1, -0.05) is 48.5 Å². The van der Waals surface area contributed by atoms with E-state index in [1.54, 1.807) is 20.8 Å². The number of nitrogens with one attached hydrogen (secondary N) is 4. The molecule has 2 aliphatic heterocycles. The molecule has 4 N–H and O–H groups in total. The van der Waals surface area contributed by atoms with Crippen molar-refractivity contribution in [3.63, 3.8) is 0 Å². The Hall–Kier alpha value is -4.16. The Morgan fingerprint density at radius 2 is 1.31 bits per heavy atom. The van der Waals surface area contributed by atoms with Gasteiger partial charge in [-0.2, -0.15) is 0 Å². The van der Waals surface area contributed by atoms with E-state index in [-0.39, 0.29) is 38.8 Å². The third kappa shape index (κ3) is 6.82. The lowest BCUT2D eigenvalue weighted by Gasteiger charge is -2.23. The second-order valence-electron chi connectivity index (χ2n) is 11.5. The molecule has 0 spiro atoms. The van der Waals surface area contributed by atoms with Crippen LogP contribution in [0.2, 0.25) is 0 Å². The van der Waals surface area contributed by atoms with Crippen molar-refractivity contribution in [1.82, 2.24) is 21.3 Å². The van der Waals surface area contributed by atoms with Gasteiger partial charge in [0.2, 0.25) is 11.8 Å². The molecule has 2 aromatic rings. The summed E-state index contributed by atoms with van der Waals surface area (Å²) in [7, 11) is 0. The summed E-state index contributed by atoms with van der Waals surface area (Å²) < 4.78 is 22.2. The summed E-state index contributed by atoms with van der Waals surface area (Å²) in [5.74, 6) is -1.07. The minimum Gasteiger partial charge on any atom is -0.449 e. The van der Waals surface area contributed by atoms with E-state index in [1.165, 1.54) is 0 Å². The monoisotopic (exact) mass is 580 g/mol. The maximum Gasteiger partial charge on any atom is 0.408 e. The highest BCUT2D eigenvalue weighted by Crippen LogP contribution is 2.44. The molecule has 42 heavy (non-hydrogen) atoms. The number of ether oxygens (including phenoxy) is 4. The minimum atomic E-state index is -0.724. The first kappa shape index (κ1) is 29.3. The van der Waals surface area contributed by atoms with Crippen LogP contribution in [0.5, 0.6) is 0 Å². The minimum absolute atomic E-state index is 0.0907. The molecule has 0 aromatic heterocycles. The third-order valence-corrected chi connectivity index (χ3v) is 7.29. The van der Waals surface area contributed by atoms with Crippen LogP contribution in [0.3, 0.4) is 0 Å². The van der Waals surface area contributed by atoms with Gasteiger partial charge in [-0.15, -0.1) is 0 Å². The average Bonchev–Trinajstić information content (AvgIpc) is 3.62. The average molecular weight is 581 g/mol. The van der Waals surface area contributed by atoms with Crippen molar-refractivity contribution in [2.45, 2.75) is 56.6 Å². The number of carbonyl (C=O) groups excluding carboxylic acids is 4. The van der Waals surface area contributed by atoms with Gasteiger partial charge in [0.05, 0.1) is 31.8 Å². The van der Waals surface area contributed by atoms with Crippen LogP contribution >= 0.6 is 0 Å². The highest BCUT2D eigenvalue weighted by molar-refractivity contribution is 5.87. The van der Waals surface area contributed by atoms with Gasteiger partial charge in [0.15, 0.2) is 0 Å². The fourth-order valence-electron chi connectivity index (χ4n) is 5.51. The molecule has 2 fully saturated rings. The summed E-state index contributed by atoms with van der Waals surface area (Å²) in [6.07, 6.45) is -2.17. The fourth-order valence-corrected chi connectivity index (χ4v) is 5.51. The van der Waals surface area contributed by atoms with Crippen LogP contribution in [-0.2, 0) is 28.5 Å². The molecule has 2 heterocycles. The van der Waals surface area contributed by atoms with Crippen LogP contribution in [0.15, 0.2) is 48.5 Å². The maximum atomic E-state index is 12.5. The zero-order chi connectivity index (χ0) is 29.9. The molecule has 2 aromatic carbocycles.